The van der Waals surface area contributed by atoms with E-state index < -0.39 is 23.3 Å². The number of benzene rings is 1. The Balaban J connectivity index is 1.09. The number of nitrogens with zero attached hydrogens (tertiary/aromatic N) is 4. The predicted octanol–water partition coefficient (Wildman–Crippen LogP) is 3.97. The summed E-state index contributed by atoms with van der Waals surface area (Å²) in [6.45, 7) is 0.0900. The van der Waals surface area contributed by atoms with Gasteiger partial charge < -0.3 is 15.1 Å². The number of aromatic nitrogens is 4. The van der Waals surface area contributed by atoms with Gasteiger partial charge in [0, 0.05) is 37.0 Å². The van der Waals surface area contributed by atoms with Crippen LogP contribution in [0, 0.1) is 5.92 Å². The molecule has 0 spiro atoms. The summed E-state index contributed by atoms with van der Waals surface area (Å²) in [5.41, 5.74) is -1.44. The van der Waals surface area contributed by atoms with Gasteiger partial charge in [-0.25, -0.2) is 4.68 Å². The smallest absolute Gasteiger partial charge is 0.425 e. The van der Waals surface area contributed by atoms with E-state index >= 15 is 0 Å². The Kier molecular flexibility index (Phi) is 6.98. The third kappa shape index (κ3) is 5.83. The van der Waals surface area contributed by atoms with Crippen LogP contribution in [-0.4, -0.2) is 44.9 Å². The highest BCUT2D eigenvalue weighted by atomic mass is 19.4. The van der Waals surface area contributed by atoms with E-state index in [1.165, 1.54) is 0 Å². The van der Waals surface area contributed by atoms with Crippen LogP contribution in [0.4, 0.5) is 13.2 Å². The van der Waals surface area contributed by atoms with E-state index in [2.05, 4.69) is 25.9 Å². The SMILES string of the molecule is O=C(NCCNC(=O)C1CCC(c2nnc(C3CC3)o2)CC1)c1cn(-c2ccccc2)nc1C(F)(F)F. The van der Waals surface area contributed by atoms with Crippen LogP contribution in [0.15, 0.2) is 40.9 Å². The van der Waals surface area contributed by atoms with Crippen LogP contribution in [0.1, 0.15) is 78.2 Å². The number of alkyl halides is 3. The van der Waals surface area contributed by atoms with Gasteiger partial charge in [0.05, 0.1) is 11.3 Å². The summed E-state index contributed by atoms with van der Waals surface area (Å²) >= 11 is 0. The van der Waals surface area contributed by atoms with E-state index in [1.807, 2.05) is 0 Å². The second-order valence-electron chi connectivity index (χ2n) is 9.52. The van der Waals surface area contributed by atoms with Crippen molar-refractivity contribution in [3.05, 3.63) is 59.6 Å². The fourth-order valence-corrected chi connectivity index (χ4v) is 4.57. The third-order valence-electron chi connectivity index (χ3n) is 6.79. The molecule has 2 fully saturated rings. The van der Waals surface area contributed by atoms with E-state index in [-0.39, 0.29) is 30.8 Å². The van der Waals surface area contributed by atoms with Crippen LogP contribution in [0.3, 0.4) is 0 Å². The molecule has 12 heteroatoms. The number of halogens is 3. The first-order valence-corrected chi connectivity index (χ1v) is 12.4. The van der Waals surface area contributed by atoms with E-state index in [9.17, 15) is 22.8 Å². The normalized spacial score (nSPS) is 20.0. The lowest BCUT2D eigenvalue weighted by Crippen LogP contribution is -2.38. The number of hydrogen-bond acceptors (Lipinski definition) is 6. The Morgan fingerprint density at radius 1 is 0.919 bits per heavy atom. The molecule has 2 aliphatic carbocycles. The Morgan fingerprint density at radius 3 is 2.11 bits per heavy atom. The zero-order valence-electron chi connectivity index (χ0n) is 20.0. The van der Waals surface area contributed by atoms with Crippen molar-refractivity contribution in [2.75, 3.05) is 13.1 Å². The molecule has 5 rings (SSSR count). The number of carbonyl (C=O) groups excluding carboxylic acids is 2. The Bertz CT molecular complexity index is 1240. The molecular formula is C25H27F3N6O3. The van der Waals surface area contributed by atoms with Crippen molar-refractivity contribution in [3.8, 4) is 5.69 Å². The number of nitrogens with one attached hydrogen (secondary N) is 2. The van der Waals surface area contributed by atoms with Crippen LogP contribution >= 0.6 is 0 Å². The van der Waals surface area contributed by atoms with E-state index in [0.717, 1.165) is 36.6 Å². The van der Waals surface area contributed by atoms with Gasteiger partial charge in [-0.1, -0.05) is 18.2 Å². The zero-order valence-corrected chi connectivity index (χ0v) is 20.0. The molecule has 2 saturated carbocycles. The molecule has 1 aromatic carbocycles. The summed E-state index contributed by atoms with van der Waals surface area (Å²) in [5.74, 6) is 0.716. The largest absolute Gasteiger partial charge is 0.435 e. The van der Waals surface area contributed by atoms with Gasteiger partial charge >= 0.3 is 6.18 Å². The lowest BCUT2D eigenvalue weighted by molar-refractivity contribution is -0.141. The molecule has 2 heterocycles. The molecule has 37 heavy (non-hydrogen) atoms. The van der Waals surface area contributed by atoms with Gasteiger partial charge in [-0.3, -0.25) is 9.59 Å². The molecule has 0 bridgehead atoms. The molecular weight excluding hydrogens is 489 g/mol. The molecule has 3 aromatic rings. The topological polar surface area (TPSA) is 115 Å². The zero-order chi connectivity index (χ0) is 26.0. The van der Waals surface area contributed by atoms with Crippen LogP contribution in [0.25, 0.3) is 5.69 Å². The summed E-state index contributed by atoms with van der Waals surface area (Å²) in [4.78, 5) is 25.1. The number of carbonyl (C=O) groups is 2. The summed E-state index contributed by atoms with van der Waals surface area (Å²) < 4.78 is 47.3. The fraction of sp³-hybridized carbons (Fsp3) is 0.480. The summed E-state index contributed by atoms with van der Waals surface area (Å²) in [6, 6.07) is 8.23. The van der Waals surface area contributed by atoms with Crippen molar-refractivity contribution >= 4 is 11.8 Å². The van der Waals surface area contributed by atoms with Crippen molar-refractivity contribution in [1.29, 1.82) is 0 Å². The molecule has 0 atom stereocenters. The number of para-hydroxylation sites is 1. The summed E-state index contributed by atoms with van der Waals surface area (Å²) in [7, 11) is 0. The van der Waals surface area contributed by atoms with Crippen LogP contribution in [0.5, 0.6) is 0 Å². The highest BCUT2D eigenvalue weighted by molar-refractivity contribution is 5.95. The van der Waals surface area contributed by atoms with E-state index in [4.69, 9.17) is 4.42 Å². The first-order chi connectivity index (χ1) is 17.8. The minimum absolute atomic E-state index is 0.0142. The van der Waals surface area contributed by atoms with E-state index in [0.29, 0.717) is 36.2 Å². The van der Waals surface area contributed by atoms with Gasteiger partial charge in [-0.2, -0.15) is 18.3 Å². The Labute approximate surface area is 210 Å². The summed E-state index contributed by atoms with van der Waals surface area (Å²) in [6.07, 6.45) is 1.35. The van der Waals surface area contributed by atoms with Crippen molar-refractivity contribution in [2.24, 2.45) is 5.92 Å². The number of amides is 2. The monoisotopic (exact) mass is 516 g/mol. The second-order valence-corrected chi connectivity index (χ2v) is 9.52. The van der Waals surface area contributed by atoms with Gasteiger partial charge in [-0.15, -0.1) is 10.2 Å². The maximum absolute atomic E-state index is 13.5. The lowest BCUT2D eigenvalue weighted by Gasteiger charge is -2.25. The maximum Gasteiger partial charge on any atom is 0.435 e. The molecule has 2 aromatic heterocycles. The molecule has 2 amide bonds. The van der Waals surface area contributed by atoms with Crippen LogP contribution in [-0.2, 0) is 11.0 Å². The fourth-order valence-electron chi connectivity index (χ4n) is 4.57. The molecule has 0 aliphatic heterocycles. The molecule has 0 unspecified atom stereocenters. The highest BCUT2D eigenvalue weighted by Crippen LogP contribution is 2.41. The Hall–Kier alpha value is -3.70. The van der Waals surface area contributed by atoms with Gasteiger partial charge in [-0.05, 0) is 50.7 Å². The minimum atomic E-state index is -4.79. The second kappa shape index (κ2) is 10.3. The molecule has 0 radical (unpaired) electrons. The minimum Gasteiger partial charge on any atom is -0.425 e. The molecule has 9 nitrogen and oxygen atoms in total. The van der Waals surface area contributed by atoms with Gasteiger partial charge in [0.25, 0.3) is 5.91 Å². The first-order valence-electron chi connectivity index (χ1n) is 12.4. The maximum atomic E-state index is 13.5. The molecule has 196 valence electrons. The van der Waals surface area contributed by atoms with Crippen molar-refractivity contribution < 1.29 is 27.2 Å². The predicted molar refractivity (Wildman–Crippen MR) is 125 cm³/mol. The molecule has 2 N–H and O–H groups in total. The van der Waals surface area contributed by atoms with Gasteiger partial charge in [0.15, 0.2) is 5.69 Å². The lowest BCUT2D eigenvalue weighted by atomic mass is 9.81. The van der Waals surface area contributed by atoms with Crippen molar-refractivity contribution in [1.82, 2.24) is 30.6 Å². The highest BCUT2D eigenvalue weighted by Gasteiger charge is 2.39. The van der Waals surface area contributed by atoms with Gasteiger partial charge in [0.1, 0.15) is 0 Å². The third-order valence-corrected chi connectivity index (χ3v) is 6.79. The van der Waals surface area contributed by atoms with E-state index in [1.54, 1.807) is 30.3 Å². The van der Waals surface area contributed by atoms with Crippen LogP contribution < -0.4 is 10.6 Å². The first kappa shape index (κ1) is 25.0. The number of rotatable bonds is 8. The Morgan fingerprint density at radius 2 is 1.51 bits per heavy atom. The quantitative estimate of drug-likeness (QED) is 0.438. The number of hydrogen-bond donors (Lipinski definition) is 2. The standard InChI is InChI=1S/C25H27F3N6O3/c26-25(27,28)20-19(14-34(33-20)18-4-2-1-3-5-18)22(36)30-13-12-29-21(35)15-6-8-16(9-7-15)23-31-32-24(37-23)17-10-11-17/h1-5,14-17H,6-13H2,(H,29,35)(H,30,36). The van der Waals surface area contributed by atoms with Crippen molar-refractivity contribution in [2.45, 2.75) is 56.5 Å². The average Bonchev–Trinajstić information content (AvgIpc) is 3.44. The van der Waals surface area contributed by atoms with Gasteiger partial charge in [0.2, 0.25) is 17.7 Å². The molecule has 2 aliphatic rings. The van der Waals surface area contributed by atoms with Crippen LogP contribution in [0.2, 0.25) is 0 Å². The average molecular weight is 517 g/mol. The van der Waals surface area contributed by atoms with Crippen molar-refractivity contribution in [3.63, 3.8) is 0 Å². The summed E-state index contributed by atoms with van der Waals surface area (Å²) in [5, 5.41) is 17.1. The molecule has 0 saturated heterocycles.